The number of carboxylic acids is 1. The summed E-state index contributed by atoms with van der Waals surface area (Å²) in [5, 5.41) is 9.35. The van der Waals surface area contributed by atoms with E-state index in [0.717, 1.165) is 12.8 Å². The molecule has 1 aromatic carbocycles. The molecule has 1 amide bonds. The Balaban J connectivity index is 2.29. The van der Waals surface area contributed by atoms with Crippen molar-refractivity contribution < 1.29 is 24.2 Å². The first-order valence-electron chi connectivity index (χ1n) is 7.65. The highest BCUT2D eigenvalue weighted by Gasteiger charge is 2.37. The molecule has 1 aliphatic carbocycles. The number of rotatable bonds is 4. The van der Waals surface area contributed by atoms with Crippen molar-refractivity contribution in [3.8, 4) is 0 Å². The monoisotopic (exact) mass is 319 g/mol. The molecule has 1 fully saturated rings. The fourth-order valence-electron chi connectivity index (χ4n) is 3.14. The van der Waals surface area contributed by atoms with Gasteiger partial charge in [0.2, 0.25) is 5.91 Å². The number of aliphatic carboxylic acids is 1. The van der Waals surface area contributed by atoms with Crippen LogP contribution in [0, 0.1) is 11.8 Å². The second-order valence-electron chi connectivity index (χ2n) is 5.74. The highest BCUT2D eigenvalue weighted by Crippen LogP contribution is 2.33. The average molecular weight is 319 g/mol. The first-order chi connectivity index (χ1) is 11.0. The number of carbonyl (C=O) groups is 3. The van der Waals surface area contributed by atoms with Gasteiger partial charge in [-0.2, -0.15) is 0 Å². The summed E-state index contributed by atoms with van der Waals surface area (Å²) in [5.74, 6) is -2.95. The second kappa shape index (κ2) is 7.26. The van der Waals surface area contributed by atoms with Gasteiger partial charge in [-0.25, -0.2) is 4.79 Å². The minimum Gasteiger partial charge on any atom is -0.481 e. The van der Waals surface area contributed by atoms with Gasteiger partial charge >= 0.3 is 11.9 Å². The summed E-state index contributed by atoms with van der Waals surface area (Å²) >= 11 is 0. The van der Waals surface area contributed by atoms with Crippen molar-refractivity contribution in [2.24, 2.45) is 11.8 Å². The predicted octanol–water partition coefficient (Wildman–Crippen LogP) is 2.33. The van der Waals surface area contributed by atoms with E-state index in [1.165, 1.54) is 12.0 Å². The number of carboxylic acid groups (broad SMARTS) is 1. The molecule has 1 aliphatic rings. The van der Waals surface area contributed by atoms with Crippen LogP contribution in [0.2, 0.25) is 0 Å². The van der Waals surface area contributed by atoms with Crippen LogP contribution in [0.4, 0.5) is 5.69 Å². The molecule has 2 atom stereocenters. The number of carbonyl (C=O) groups excluding carboxylic acids is 2. The normalized spacial score (nSPS) is 20.6. The third-order valence-corrected chi connectivity index (χ3v) is 4.40. The molecule has 0 saturated heterocycles. The van der Waals surface area contributed by atoms with Crippen molar-refractivity contribution in [3.05, 3.63) is 29.8 Å². The van der Waals surface area contributed by atoms with E-state index in [1.54, 1.807) is 31.3 Å². The van der Waals surface area contributed by atoms with Crippen molar-refractivity contribution in [3.63, 3.8) is 0 Å². The van der Waals surface area contributed by atoms with Crippen LogP contribution < -0.4 is 4.90 Å². The number of esters is 1. The molecule has 1 saturated carbocycles. The zero-order chi connectivity index (χ0) is 17.0. The molecule has 0 radical (unpaired) electrons. The summed E-state index contributed by atoms with van der Waals surface area (Å²) in [4.78, 5) is 37.4. The van der Waals surface area contributed by atoms with Gasteiger partial charge in [0.15, 0.2) is 0 Å². The van der Waals surface area contributed by atoms with Gasteiger partial charge in [0.05, 0.1) is 30.2 Å². The van der Waals surface area contributed by atoms with E-state index < -0.39 is 23.8 Å². The minimum atomic E-state index is -0.933. The van der Waals surface area contributed by atoms with Gasteiger partial charge in [-0.1, -0.05) is 25.0 Å². The average Bonchev–Trinajstić information content (AvgIpc) is 2.59. The van der Waals surface area contributed by atoms with Crippen LogP contribution in [0.1, 0.15) is 36.0 Å². The Morgan fingerprint density at radius 2 is 1.74 bits per heavy atom. The first kappa shape index (κ1) is 17.0. The minimum absolute atomic E-state index is 0.270. The first-order valence-corrected chi connectivity index (χ1v) is 7.65. The number of hydrogen-bond acceptors (Lipinski definition) is 4. The fraction of sp³-hybridized carbons (Fsp3) is 0.471. The molecule has 1 N–H and O–H groups in total. The van der Waals surface area contributed by atoms with E-state index in [0.29, 0.717) is 18.5 Å². The van der Waals surface area contributed by atoms with Crippen LogP contribution in [0.15, 0.2) is 24.3 Å². The molecule has 0 spiro atoms. The topological polar surface area (TPSA) is 83.9 Å². The number of anilines is 1. The maximum atomic E-state index is 12.8. The Kier molecular flexibility index (Phi) is 5.36. The summed E-state index contributed by atoms with van der Waals surface area (Å²) in [7, 11) is 2.85. The second-order valence-corrected chi connectivity index (χ2v) is 5.74. The summed E-state index contributed by atoms with van der Waals surface area (Å²) in [5.41, 5.74) is 0.715. The van der Waals surface area contributed by atoms with E-state index in [1.807, 2.05) is 0 Å². The van der Waals surface area contributed by atoms with Crippen LogP contribution in [0.5, 0.6) is 0 Å². The number of methoxy groups -OCH3 is 1. The predicted molar refractivity (Wildman–Crippen MR) is 84.3 cm³/mol. The van der Waals surface area contributed by atoms with Crippen molar-refractivity contribution in [2.45, 2.75) is 25.7 Å². The third-order valence-electron chi connectivity index (χ3n) is 4.40. The third kappa shape index (κ3) is 3.52. The number of ether oxygens (including phenoxy) is 1. The van der Waals surface area contributed by atoms with E-state index in [2.05, 4.69) is 0 Å². The van der Waals surface area contributed by atoms with Gasteiger partial charge in [-0.15, -0.1) is 0 Å². The van der Waals surface area contributed by atoms with Crippen LogP contribution in [0.3, 0.4) is 0 Å². The molecular formula is C17H21NO5. The lowest BCUT2D eigenvalue weighted by atomic mass is 9.78. The molecule has 2 rings (SSSR count). The maximum Gasteiger partial charge on any atom is 0.339 e. The quantitative estimate of drug-likeness (QED) is 0.861. The zero-order valence-corrected chi connectivity index (χ0v) is 13.3. The highest BCUT2D eigenvalue weighted by molar-refractivity contribution is 6.03. The smallest absolute Gasteiger partial charge is 0.339 e. The lowest BCUT2D eigenvalue weighted by molar-refractivity contribution is -0.148. The highest BCUT2D eigenvalue weighted by atomic mass is 16.5. The van der Waals surface area contributed by atoms with Gasteiger partial charge < -0.3 is 14.7 Å². The zero-order valence-electron chi connectivity index (χ0n) is 13.3. The van der Waals surface area contributed by atoms with Gasteiger partial charge in [0.1, 0.15) is 0 Å². The van der Waals surface area contributed by atoms with Crippen molar-refractivity contribution in [1.82, 2.24) is 0 Å². The van der Waals surface area contributed by atoms with Crippen LogP contribution in [-0.4, -0.2) is 37.1 Å². The molecule has 0 heterocycles. The van der Waals surface area contributed by atoms with Gasteiger partial charge in [-0.3, -0.25) is 9.59 Å². The summed E-state index contributed by atoms with van der Waals surface area (Å²) in [6, 6.07) is 6.65. The molecule has 6 nitrogen and oxygen atoms in total. The lowest BCUT2D eigenvalue weighted by Crippen LogP contribution is -2.41. The van der Waals surface area contributed by atoms with E-state index in [-0.39, 0.29) is 11.5 Å². The standard InChI is InChI=1S/C17H21NO5/c1-18(14-10-6-5-9-13(14)17(22)23-2)15(19)11-7-3-4-8-12(11)16(20)21/h5-6,9-12H,3-4,7-8H2,1-2H3,(H,20,21). The van der Waals surface area contributed by atoms with E-state index in [4.69, 9.17) is 4.74 Å². The number of benzene rings is 1. The van der Waals surface area contributed by atoms with Crippen LogP contribution >= 0.6 is 0 Å². The Labute approximate surface area is 135 Å². The van der Waals surface area contributed by atoms with Gasteiger partial charge in [-0.05, 0) is 25.0 Å². The van der Waals surface area contributed by atoms with Crippen LogP contribution in [-0.2, 0) is 14.3 Å². The van der Waals surface area contributed by atoms with Gasteiger partial charge in [0.25, 0.3) is 0 Å². The van der Waals surface area contributed by atoms with Gasteiger partial charge in [0, 0.05) is 7.05 Å². The molecule has 6 heteroatoms. The Bertz CT molecular complexity index is 613. The van der Waals surface area contributed by atoms with Crippen molar-refractivity contribution in [1.29, 1.82) is 0 Å². The SMILES string of the molecule is COC(=O)c1ccccc1N(C)C(=O)C1CCCCC1C(=O)O. The summed E-state index contributed by atoms with van der Waals surface area (Å²) < 4.78 is 4.74. The number of nitrogens with zero attached hydrogens (tertiary/aromatic N) is 1. The molecule has 2 unspecified atom stereocenters. The van der Waals surface area contributed by atoms with Crippen molar-refractivity contribution in [2.75, 3.05) is 19.1 Å². The van der Waals surface area contributed by atoms with Crippen LogP contribution in [0.25, 0.3) is 0 Å². The summed E-state index contributed by atoms with van der Waals surface area (Å²) in [6.07, 6.45) is 2.73. The molecule has 0 bridgehead atoms. The van der Waals surface area contributed by atoms with E-state index in [9.17, 15) is 19.5 Å². The summed E-state index contributed by atoms with van der Waals surface area (Å²) in [6.45, 7) is 0. The molecule has 0 aliphatic heterocycles. The molecule has 0 aromatic heterocycles. The number of amides is 1. The maximum absolute atomic E-state index is 12.8. The van der Waals surface area contributed by atoms with E-state index >= 15 is 0 Å². The Hall–Kier alpha value is -2.37. The Morgan fingerprint density at radius 3 is 2.35 bits per heavy atom. The Morgan fingerprint density at radius 1 is 1.13 bits per heavy atom. The molecule has 124 valence electrons. The van der Waals surface area contributed by atoms with Crippen molar-refractivity contribution >= 4 is 23.5 Å². The molecular weight excluding hydrogens is 298 g/mol. The molecule has 23 heavy (non-hydrogen) atoms. The molecule has 1 aromatic rings. The lowest BCUT2D eigenvalue weighted by Gasteiger charge is -2.31. The number of hydrogen-bond donors (Lipinski definition) is 1. The number of para-hydroxylation sites is 1. The largest absolute Gasteiger partial charge is 0.481 e. The fourth-order valence-corrected chi connectivity index (χ4v) is 3.14.